The summed E-state index contributed by atoms with van der Waals surface area (Å²) in [6.07, 6.45) is 2.78. The number of ether oxygens (including phenoxy) is 2. The molecule has 0 aliphatic heterocycles. The van der Waals surface area contributed by atoms with Crippen molar-refractivity contribution in [1.82, 2.24) is 29.5 Å². The van der Waals surface area contributed by atoms with Crippen LogP contribution < -0.4 is 4.74 Å². The lowest BCUT2D eigenvalue weighted by Crippen LogP contribution is -2.12. The molecule has 0 saturated carbocycles. The summed E-state index contributed by atoms with van der Waals surface area (Å²) in [5.41, 5.74) is 1.26. The molecular formula is C20H19BrF2N6O3S. The van der Waals surface area contributed by atoms with Crippen molar-refractivity contribution in [2.24, 2.45) is 0 Å². The number of halogens is 3. The molecular weight excluding hydrogens is 522 g/mol. The van der Waals surface area contributed by atoms with Crippen LogP contribution in [0.3, 0.4) is 0 Å². The number of carbonyl (C=O) groups is 1. The van der Waals surface area contributed by atoms with Gasteiger partial charge in [-0.1, -0.05) is 6.07 Å². The fourth-order valence-electron chi connectivity index (χ4n) is 3.21. The number of esters is 1. The third-order valence-electron chi connectivity index (χ3n) is 4.73. The van der Waals surface area contributed by atoms with Gasteiger partial charge in [0.1, 0.15) is 17.2 Å². The SMILES string of the molecule is CCOC(=O)c1cnn(-c2nc(OC)c3c(n2)c(Br)nn3[C@@H](C)c2ccc(F)cc2F)c1.S. The molecule has 174 valence electrons. The van der Waals surface area contributed by atoms with Gasteiger partial charge >= 0.3 is 5.97 Å². The van der Waals surface area contributed by atoms with Crippen LogP contribution in [0, 0.1) is 11.6 Å². The van der Waals surface area contributed by atoms with Gasteiger partial charge in [-0.2, -0.15) is 28.7 Å². The van der Waals surface area contributed by atoms with Crippen LogP contribution in [0.2, 0.25) is 0 Å². The molecule has 3 heterocycles. The van der Waals surface area contributed by atoms with E-state index in [0.717, 1.165) is 6.07 Å². The highest BCUT2D eigenvalue weighted by molar-refractivity contribution is 9.10. The van der Waals surface area contributed by atoms with Crippen LogP contribution in [0.4, 0.5) is 8.78 Å². The summed E-state index contributed by atoms with van der Waals surface area (Å²) in [5, 5.41) is 8.54. The van der Waals surface area contributed by atoms with E-state index in [1.54, 1.807) is 13.8 Å². The number of rotatable bonds is 6. The number of aromatic nitrogens is 6. The molecule has 0 bridgehead atoms. The fraction of sp³-hybridized carbons (Fsp3) is 0.250. The zero-order chi connectivity index (χ0) is 23.0. The predicted molar refractivity (Wildman–Crippen MR) is 123 cm³/mol. The molecule has 1 atom stereocenters. The third-order valence-corrected chi connectivity index (χ3v) is 5.27. The molecule has 0 unspecified atom stereocenters. The number of methoxy groups -OCH3 is 1. The summed E-state index contributed by atoms with van der Waals surface area (Å²) in [7, 11) is 1.42. The quantitative estimate of drug-likeness (QED) is 0.341. The normalized spacial score (nSPS) is 11.8. The van der Waals surface area contributed by atoms with Crippen LogP contribution in [-0.2, 0) is 4.74 Å². The monoisotopic (exact) mass is 540 g/mol. The van der Waals surface area contributed by atoms with Gasteiger partial charge in [0.2, 0.25) is 5.88 Å². The molecule has 3 aromatic heterocycles. The maximum Gasteiger partial charge on any atom is 0.341 e. The Morgan fingerprint density at radius 2 is 2.03 bits per heavy atom. The van der Waals surface area contributed by atoms with Crippen LogP contribution in [0.15, 0.2) is 35.2 Å². The molecule has 0 radical (unpaired) electrons. The zero-order valence-electron chi connectivity index (χ0n) is 17.7. The van der Waals surface area contributed by atoms with Crippen molar-refractivity contribution in [3.05, 3.63) is 58.0 Å². The summed E-state index contributed by atoms with van der Waals surface area (Å²) in [5.74, 6) is -1.60. The fourth-order valence-corrected chi connectivity index (χ4v) is 3.66. The second-order valence-corrected chi connectivity index (χ2v) is 7.45. The van der Waals surface area contributed by atoms with Crippen molar-refractivity contribution in [2.75, 3.05) is 13.7 Å². The molecule has 1 aromatic carbocycles. The van der Waals surface area contributed by atoms with Gasteiger partial charge in [-0.05, 0) is 35.8 Å². The second kappa shape index (κ2) is 9.83. The Morgan fingerprint density at radius 1 is 1.27 bits per heavy atom. The van der Waals surface area contributed by atoms with Crippen molar-refractivity contribution in [1.29, 1.82) is 0 Å². The molecule has 0 fully saturated rings. The van der Waals surface area contributed by atoms with Crippen LogP contribution >= 0.6 is 29.4 Å². The summed E-state index contributed by atoms with van der Waals surface area (Å²) in [6.45, 7) is 3.65. The van der Waals surface area contributed by atoms with Crippen LogP contribution in [0.5, 0.6) is 5.88 Å². The number of hydrogen-bond donors (Lipinski definition) is 0. The minimum Gasteiger partial charge on any atom is -0.479 e. The van der Waals surface area contributed by atoms with Gasteiger partial charge in [0.05, 0.1) is 31.5 Å². The van der Waals surface area contributed by atoms with Crippen LogP contribution in [-0.4, -0.2) is 49.2 Å². The average molecular weight is 541 g/mol. The Balaban J connectivity index is 0.00000306. The van der Waals surface area contributed by atoms with E-state index in [-0.39, 0.29) is 43.1 Å². The van der Waals surface area contributed by atoms with Crippen LogP contribution in [0.1, 0.15) is 35.8 Å². The van der Waals surface area contributed by atoms with Crippen molar-refractivity contribution >= 4 is 46.4 Å². The molecule has 33 heavy (non-hydrogen) atoms. The highest BCUT2D eigenvalue weighted by Crippen LogP contribution is 2.33. The molecule has 13 heteroatoms. The molecule has 0 aliphatic rings. The van der Waals surface area contributed by atoms with E-state index < -0.39 is 23.6 Å². The second-order valence-electron chi connectivity index (χ2n) is 6.70. The van der Waals surface area contributed by atoms with Gasteiger partial charge in [-0.3, -0.25) is 0 Å². The third kappa shape index (κ3) is 4.55. The molecule has 4 rings (SSSR count). The minimum absolute atomic E-state index is 0. The summed E-state index contributed by atoms with van der Waals surface area (Å²) in [4.78, 5) is 20.8. The molecule has 0 amide bonds. The first-order valence-electron chi connectivity index (χ1n) is 9.50. The van der Waals surface area contributed by atoms with Gasteiger partial charge in [-0.15, -0.1) is 0 Å². The lowest BCUT2D eigenvalue weighted by molar-refractivity contribution is 0.0526. The lowest BCUT2D eigenvalue weighted by Gasteiger charge is -2.16. The van der Waals surface area contributed by atoms with E-state index in [0.29, 0.717) is 15.6 Å². The van der Waals surface area contributed by atoms with Crippen LogP contribution in [0.25, 0.3) is 17.0 Å². The molecule has 0 aliphatic carbocycles. The number of nitrogens with zero attached hydrogens (tertiary/aromatic N) is 6. The minimum atomic E-state index is -0.697. The number of hydrogen-bond acceptors (Lipinski definition) is 7. The molecule has 0 spiro atoms. The van der Waals surface area contributed by atoms with Crippen molar-refractivity contribution in [3.63, 3.8) is 0 Å². The highest BCUT2D eigenvalue weighted by Gasteiger charge is 2.24. The van der Waals surface area contributed by atoms with Crippen molar-refractivity contribution < 1.29 is 23.0 Å². The van der Waals surface area contributed by atoms with E-state index in [2.05, 4.69) is 36.1 Å². The lowest BCUT2D eigenvalue weighted by atomic mass is 10.1. The van der Waals surface area contributed by atoms with Gasteiger partial charge in [0, 0.05) is 17.8 Å². The van der Waals surface area contributed by atoms with E-state index >= 15 is 0 Å². The maximum absolute atomic E-state index is 14.4. The Kier molecular flexibility index (Phi) is 7.32. The summed E-state index contributed by atoms with van der Waals surface area (Å²) in [6, 6.07) is 2.74. The van der Waals surface area contributed by atoms with E-state index in [1.807, 2.05) is 0 Å². The first kappa shape index (κ1) is 24.6. The van der Waals surface area contributed by atoms with Crippen molar-refractivity contribution in [3.8, 4) is 11.8 Å². The van der Waals surface area contributed by atoms with E-state index in [9.17, 15) is 13.6 Å². The zero-order valence-corrected chi connectivity index (χ0v) is 20.3. The number of benzene rings is 1. The maximum atomic E-state index is 14.4. The van der Waals surface area contributed by atoms with Gasteiger partial charge in [-0.25, -0.2) is 27.9 Å². The number of carbonyl (C=O) groups excluding carboxylic acids is 1. The van der Waals surface area contributed by atoms with E-state index in [4.69, 9.17) is 9.47 Å². The van der Waals surface area contributed by atoms with Gasteiger partial charge in [0.25, 0.3) is 5.95 Å². The van der Waals surface area contributed by atoms with Gasteiger partial charge < -0.3 is 9.47 Å². The molecule has 4 aromatic rings. The average Bonchev–Trinajstić information content (AvgIpc) is 3.38. The topological polar surface area (TPSA) is 96.9 Å². The Bertz CT molecular complexity index is 1330. The molecule has 0 saturated heterocycles. The highest BCUT2D eigenvalue weighted by atomic mass is 79.9. The number of fused-ring (bicyclic) bond motifs is 1. The molecule has 9 nitrogen and oxygen atoms in total. The smallest absolute Gasteiger partial charge is 0.341 e. The Hall–Kier alpha value is -3.06. The summed E-state index contributed by atoms with van der Waals surface area (Å²) < 4.78 is 41.3. The van der Waals surface area contributed by atoms with Gasteiger partial charge in [0.15, 0.2) is 10.1 Å². The predicted octanol–water partition coefficient (Wildman–Crippen LogP) is 3.96. The Morgan fingerprint density at radius 3 is 2.70 bits per heavy atom. The first-order chi connectivity index (χ1) is 15.3. The first-order valence-corrected chi connectivity index (χ1v) is 10.3. The molecule has 0 N–H and O–H groups in total. The van der Waals surface area contributed by atoms with Crippen molar-refractivity contribution in [2.45, 2.75) is 19.9 Å². The van der Waals surface area contributed by atoms with E-state index in [1.165, 1.54) is 41.0 Å². The largest absolute Gasteiger partial charge is 0.479 e. The standard InChI is InChI=1S/C20H17BrF2N6O3.H2S/c1-4-32-19(30)11-8-24-28(9-11)20-25-15-16(18(26-20)31-3)29(27-17(15)21)10(2)13-6-5-12(22)7-14(13)23;/h5-10H,4H2,1-3H3;1H2/t10-;/m0./s1. The Labute approximate surface area is 202 Å². The summed E-state index contributed by atoms with van der Waals surface area (Å²) >= 11 is 3.37.